The molecule has 3 heteroatoms. The van der Waals surface area contributed by atoms with Gasteiger partial charge >= 0.3 is 0 Å². The summed E-state index contributed by atoms with van der Waals surface area (Å²) >= 11 is 0. The highest BCUT2D eigenvalue weighted by molar-refractivity contribution is 5.93. The van der Waals surface area contributed by atoms with Crippen LogP contribution in [0.2, 0.25) is 0 Å². The summed E-state index contributed by atoms with van der Waals surface area (Å²) in [6, 6.07) is 47.4. The topological polar surface area (TPSA) is 38.7 Å². The molecule has 0 bridgehead atoms. The molecule has 234 valence electrons. The van der Waals surface area contributed by atoms with Crippen LogP contribution in [0.1, 0.15) is 28.8 Å². The van der Waals surface area contributed by atoms with Crippen LogP contribution in [0.25, 0.3) is 61.0 Å². The standard InChI is InChI=1S/C47H31N3/c1-2-11-31(12-3-1)45-48-46(37-23-22-35-27-34(20-21-36(35)28-37)33-19-18-30-10-4-5-13-32(30)26-33)50-47(49-45)38-24-25-43-41-16-7-6-14-39(41)40-15-8-9-17-42(40)44(43)29-38/h1-29,40,43H. The number of benzene rings is 6. The second-order valence-corrected chi connectivity index (χ2v) is 13.2. The van der Waals surface area contributed by atoms with Crippen molar-refractivity contribution >= 4 is 27.1 Å². The van der Waals surface area contributed by atoms with E-state index in [-0.39, 0.29) is 11.8 Å². The van der Waals surface area contributed by atoms with Gasteiger partial charge < -0.3 is 0 Å². The number of aromatic nitrogens is 3. The zero-order valence-electron chi connectivity index (χ0n) is 27.2. The Kier molecular flexibility index (Phi) is 6.63. The first-order valence-electron chi connectivity index (χ1n) is 17.2. The van der Waals surface area contributed by atoms with Crippen LogP contribution >= 0.6 is 0 Å². The monoisotopic (exact) mass is 637 g/mol. The van der Waals surface area contributed by atoms with Gasteiger partial charge in [-0.1, -0.05) is 152 Å². The van der Waals surface area contributed by atoms with E-state index in [1.807, 2.05) is 18.2 Å². The number of fused-ring (bicyclic) bond motifs is 7. The van der Waals surface area contributed by atoms with Crippen LogP contribution in [0.5, 0.6) is 0 Å². The van der Waals surface area contributed by atoms with Gasteiger partial charge in [0.05, 0.1) is 0 Å². The fraction of sp³-hybridized carbons (Fsp3) is 0.0426. The van der Waals surface area contributed by atoms with Gasteiger partial charge in [-0.25, -0.2) is 15.0 Å². The van der Waals surface area contributed by atoms with Gasteiger partial charge in [0.25, 0.3) is 0 Å². The Bertz CT molecular complexity index is 2660. The van der Waals surface area contributed by atoms with Gasteiger partial charge in [-0.15, -0.1) is 0 Å². The minimum atomic E-state index is 0.201. The summed E-state index contributed by atoms with van der Waals surface area (Å²) < 4.78 is 0. The molecule has 0 saturated heterocycles. The third-order valence-electron chi connectivity index (χ3n) is 10.2. The molecule has 3 aliphatic rings. The van der Waals surface area contributed by atoms with E-state index < -0.39 is 0 Å². The first-order valence-corrected chi connectivity index (χ1v) is 17.2. The molecule has 3 nitrogen and oxygen atoms in total. The van der Waals surface area contributed by atoms with Gasteiger partial charge in [-0.3, -0.25) is 0 Å². The molecule has 2 atom stereocenters. The molecule has 0 amide bonds. The van der Waals surface area contributed by atoms with E-state index in [9.17, 15) is 0 Å². The molecular weight excluding hydrogens is 607 g/mol. The maximum absolute atomic E-state index is 5.14. The quantitative estimate of drug-likeness (QED) is 0.193. The average molecular weight is 638 g/mol. The molecule has 6 aromatic carbocycles. The van der Waals surface area contributed by atoms with Crippen molar-refractivity contribution in [1.29, 1.82) is 0 Å². The second-order valence-electron chi connectivity index (χ2n) is 13.2. The third-order valence-corrected chi connectivity index (χ3v) is 10.2. The fourth-order valence-electron chi connectivity index (χ4n) is 7.73. The summed E-state index contributed by atoms with van der Waals surface area (Å²) in [6.45, 7) is 0. The van der Waals surface area contributed by atoms with E-state index in [1.165, 1.54) is 49.6 Å². The lowest BCUT2D eigenvalue weighted by molar-refractivity contribution is 0.852. The zero-order valence-corrected chi connectivity index (χ0v) is 27.2. The van der Waals surface area contributed by atoms with Gasteiger partial charge in [0.1, 0.15) is 0 Å². The highest BCUT2D eigenvalue weighted by Gasteiger charge is 2.32. The Hall–Kier alpha value is -6.45. The molecule has 7 aromatic rings. The van der Waals surface area contributed by atoms with Crippen molar-refractivity contribution in [3.8, 4) is 33.9 Å². The highest BCUT2D eigenvalue weighted by atomic mass is 15.0. The van der Waals surface area contributed by atoms with Crippen molar-refractivity contribution in [2.75, 3.05) is 0 Å². The molecule has 2 unspecified atom stereocenters. The number of hydrogen-bond donors (Lipinski definition) is 0. The summed E-state index contributed by atoms with van der Waals surface area (Å²) in [4.78, 5) is 15.3. The molecule has 10 rings (SSSR count). The minimum Gasteiger partial charge on any atom is -0.208 e. The Morgan fingerprint density at radius 2 is 0.940 bits per heavy atom. The maximum Gasteiger partial charge on any atom is 0.164 e. The Morgan fingerprint density at radius 3 is 1.70 bits per heavy atom. The van der Waals surface area contributed by atoms with Crippen molar-refractivity contribution in [3.63, 3.8) is 0 Å². The van der Waals surface area contributed by atoms with Crippen LogP contribution in [0, 0.1) is 0 Å². The summed E-state index contributed by atoms with van der Waals surface area (Å²) in [5.41, 5.74) is 10.7. The average Bonchev–Trinajstić information content (AvgIpc) is 3.20. The largest absolute Gasteiger partial charge is 0.208 e. The number of rotatable bonds is 4. The van der Waals surface area contributed by atoms with Crippen LogP contribution in [0.15, 0.2) is 187 Å². The molecule has 3 aliphatic carbocycles. The zero-order chi connectivity index (χ0) is 33.0. The fourth-order valence-corrected chi connectivity index (χ4v) is 7.73. The summed E-state index contributed by atoms with van der Waals surface area (Å²) in [7, 11) is 0. The van der Waals surface area contributed by atoms with Gasteiger partial charge in [-0.2, -0.15) is 0 Å². The molecular formula is C47H31N3. The molecule has 1 aromatic heterocycles. The van der Waals surface area contributed by atoms with Crippen molar-refractivity contribution in [2.24, 2.45) is 0 Å². The predicted molar refractivity (Wildman–Crippen MR) is 205 cm³/mol. The second kappa shape index (κ2) is 11.6. The molecule has 0 N–H and O–H groups in total. The summed E-state index contributed by atoms with van der Waals surface area (Å²) in [5, 5.41) is 4.82. The van der Waals surface area contributed by atoms with Gasteiger partial charge in [0.2, 0.25) is 0 Å². The molecule has 0 spiro atoms. The van der Waals surface area contributed by atoms with E-state index >= 15 is 0 Å². The summed E-state index contributed by atoms with van der Waals surface area (Å²) in [6.07, 6.45) is 15.7. The van der Waals surface area contributed by atoms with Crippen molar-refractivity contribution < 1.29 is 0 Å². The normalized spacial score (nSPS) is 17.4. The van der Waals surface area contributed by atoms with E-state index in [2.05, 4.69) is 158 Å². The molecule has 0 aliphatic heterocycles. The molecule has 1 heterocycles. The SMILES string of the molecule is C1=CC2=C3C=C(c4nc(-c5ccccc5)nc(-c5ccc6cc(-c7ccc8ccccc8c7)ccc6c5)n4)C=CC3c3ccccc3C2C=C1. The van der Waals surface area contributed by atoms with Crippen LogP contribution in [-0.4, -0.2) is 15.0 Å². The van der Waals surface area contributed by atoms with Gasteiger partial charge in [-0.05, 0) is 79.2 Å². The first-order chi connectivity index (χ1) is 24.7. The van der Waals surface area contributed by atoms with E-state index in [1.54, 1.807) is 0 Å². The van der Waals surface area contributed by atoms with Gasteiger partial charge in [0.15, 0.2) is 17.5 Å². The number of allylic oxidation sites excluding steroid dienone is 10. The van der Waals surface area contributed by atoms with Gasteiger partial charge in [0, 0.05) is 28.5 Å². The third kappa shape index (κ3) is 4.86. The number of hydrogen-bond acceptors (Lipinski definition) is 3. The lowest BCUT2D eigenvalue weighted by Gasteiger charge is -2.34. The lowest BCUT2D eigenvalue weighted by Crippen LogP contribution is -2.18. The Labute approximate surface area is 291 Å². The molecule has 0 saturated carbocycles. The minimum absolute atomic E-state index is 0.201. The van der Waals surface area contributed by atoms with E-state index in [0.29, 0.717) is 17.5 Å². The van der Waals surface area contributed by atoms with Crippen LogP contribution in [-0.2, 0) is 0 Å². The van der Waals surface area contributed by atoms with E-state index in [4.69, 9.17) is 15.0 Å². The van der Waals surface area contributed by atoms with Crippen LogP contribution < -0.4 is 0 Å². The highest BCUT2D eigenvalue weighted by Crippen LogP contribution is 2.48. The Balaban J connectivity index is 1.07. The lowest BCUT2D eigenvalue weighted by atomic mass is 9.69. The Morgan fingerprint density at radius 1 is 0.380 bits per heavy atom. The van der Waals surface area contributed by atoms with E-state index in [0.717, 1.165) is 22.1 Å². The molecule has 0 fully saturated rings. The van der Waals surface area contributed by atoms with Crippen LogP contribution in [0.3, 0.4) is 0 Å². The van der Waals surface area contributed by atoms with Crippen molar-refractivity contribution in [3.05, 3.63) is 204 Å². The number of nitrogens with zero attached hydrogens (tertiary/aromatic N) is 3. The molecule has 50 heavy (non-hydrogen) atoms. The van der Waals surface area contributed by atoms with Crippen molar-refractivity contribution in [2.45, 2.75) is 11.8 Å². The van der Waals surface area contributed by atoms with Crippen molar-refractivity contribution in [1.82, 2.24) is 15.0 Å². The predicted octanol–water partition coefficient (Wildman–Crippen LogP) is 11.4. The summed E-state index contributed by atoms with van der Waals surface area (Å²) in [5.74, 6) is 2.45. The van der Waals surface area contributed by atoms with Crippen LogP contribution in [0.4, 0.5) is 0 Å². The smallest absolute Gasteiger partial charge is 0.164 e. The molecule has 0 radical (unpaired) electrons. The first kappa shape index (κ1) is 28.6. The maximum atomic E-state index is 5.14.